The second kappa shape index (κ2) is 8.34. The molecule has 0 amide bonds. The van der Waals surface area contributed by atoms with Gasteiger partial charge in [-0.3, -0.25) is 4.57 Å². The van der Waals surface area contributed by atoms with Crippen LogP contribution in [0.25, 0.3) is 11.6 Å². The minimum absolute atomic E-state index is 0.175. The summed E-state index contributed by atoms with van der Waals surface area (Å²) in [7, 11) is 0. The van der Waals surface area contributed by atoms with E-state index in [1.165, 1.54) is 17.8 Å². The highest BCUT2D eigenvalue weighted by atomic mass is 32.2. The van der Waals surface area contributed by atoms with E-state index in [1.807, 2.05) is 10.6 Å². The van der Waals surface area contributed by atoms with Gasteiger partial charge in [0.05, 0.1) is 6.26 Å². The minimum Gasteiger partial charge on any atom is -0.484 e. The van der Waals surface area contributed by atoms with Gasteiger partial charge in [0.1, 0.15) is 5.75 Å². The number of halogens is 3. The fourth-order valence-electron chi connectivity index (χ4n) is 2.32. The Morgan fingerprint density at radius 2 is 2.07 bits per heavy atom. The number of benzene rings is 1. The van der Waals surface area contributed by atoms with Gasteiger partial charge in [-0.25, -0.2) is 0 Å². The van der Waals surface area contributed by atoms with Crippen LogP contribution in [0.3, 0.4) is 0 Å². The van der Waals surface area contributed by atoms with E-state index < -0.39 is 12.8 Å². The Hall–Kier alpha value is -2.68. The van der Waals surface area contributed by atoms with E-state index in [9.17, 15) is 13.2 Å². The molecule has 0 aliphatic carbocycles. The predicted molar refractivity (Wildman–Crippen MR) is 95.5 cm³/mol. The van der Waals surface area contributed by atoms with Crippen LogP contribution in [-0.4, -0.2) is 27.5 Å². The van der Waals surface area contributed by atoms with Gasteiger partial charge in [-0.2, -0.15) is 13.2 Å². The molecule has 0 radical (unpaired) electrons. The van der Waals surface area contributed by atoms with Gasteiger partial charge in [0.2, 0.25) is 5.82 Å². The van der Waals surface area contributed by atoms with Gasteiger partial charge in [-0.15, -0.1) is 16.8 Å². The molecule has 2 aromatic heterocycles. The quantitative estimate of drug-likeness (QED) is 0.399. The molecule has 1 aromatic carbocycles. The monoisotopic (exact) mass is 395 g/mol. The summed E-state index contributed by atoms with van der Waals surface area (Å²) < 4.78 is 48.9. The molecule has 0 unspecified atom stereocenters. The van der Waals surface area contributed by atoms with Crippen LogP contribution in [-0.2, 0) is 12.3 Å². The highest BCUT2D eigenvalue weighted by Gasteiger charge is 2.28. The molecule has 9 heteroatoms. The molecule has 27 heavy (non-hydrogen) atoms. The van der Waals surface area contributed by atoms with E-state index in [2.05, 4.69) is 16.8 Å². The molecule has 0 N–H and O–H groups in total. The summed E-state index contributed by atoms with van der Waals surface area (Å²) in [5.74, 6) is 1.86. The summed E-state index contributed by atoms with van der Waals surface area (Å²) >= 11 is 1.41. The van der Waals surface area contributed by atoms with Crippen LogP contribution < -0.4 is 4.74 Å². The fraction of sp³-hybridized carbons (Fsp3) is 0.222. The van der Waals surface area contributed by atoms with Gasteiger partial charge in [0.25, 0.3) is 0 Å². The van der Waals surface area contributed by atoms with E-state index >= 15 is 0 Å². The molecule has 0 spiro atoms. The first-order valence-corrected chi connectivity index (χ1v) is 8.94. The number of hydrogen-bond acceptors (Lipinski definition) is 5. The third kappa shape index (κ3) is 5.16. The molecule has 0 bridgehead atoms. The fourth-order valence-corrected chi connectivity index (χ4v) is 3.21. The molecule has 0 aliphatic heterocycles. The highest BCUT2D eigenvalue weighted by molar-refractivity contribution is 7.98. The number of furan rings is 1. The standard InChI is InChI=1S/C18H16F3N3O2S/c1-2-8-24-16(15-7-4-9-25-15)22-23-17(24)27-11-13-5-3-6-14(10-13)26-12-18(19,20)21/h2-7,9-10H,1,8,11-12H2. The first-order valence-electron chi connectivity index (χ1n) is 7.95. The van der Waals surface area contributed by atoms with Crippen molar-refractivity contribution in [2.45, 2.75) is 23.6 Å². The summed E-state index contributed by atoms with van der Waals surface area (Å²) in [5, 5.41) is 9.00. The van der Waals surface area contributed by atoms with Crippen LogP contribution >= 0.6 is 11.8 Å². The Balaban J connectivity index is 1.71. The molecule has 0 saturated carbocycles. The number of hydrogen-bond donors (Lipinski definition) is 0. The predicted octanol–water partition coefficient (Wildman–Crippen LogP) is 4.96. The number of nitrogens with zero attached hydrogens (tertiary/aromatic N) is 3. The van der Waals surface area contributed by atoms with Crippen molar-refractivity contribution in [1.29, 1.82) is 0 Å². The topological polar surface area (TPSA) is 53.1 Å². The van der Waals surface area contributed by atoms with Gasteiger partial charge in [-0.05, 0) is 29.8 Å². The zero-order valence-electron chi connectivity index (χ0n) is 14.1. The Morgan fingerprint density at radius 1 is 1.22 bits per heavy atom. The van der Waals surface area contributed by atoms with Gasteiger partial charge in [-0.1, -0.05) is 30.0 Å². The molecule has 0 fully saturated rings. The van der Waals surface area contributed by atoms with Crippen molar-refractivity contribution in [3.05, 3.63) is 60.9 Å². The molecular weight excluding hydrogens is 379 g/mol. The van der Waals surface area contributed by atoms with Crippen LogP contribution in [0.4, 0.5) is 13.2 Å². The maximum atomic E-state index is 12.3. The van der Waals surface area contributed by atoms with Crippen LogP contribution in [0.5, 0.6) is 5.75 Å². The summed E-state index contributed by atoms with van der Waals surface area (Å²) in [6.07, 6.45) is -1.08. The van der Waals surface area contributed by atoms with Crippen molar-refractivity contribution in [3.8, 4) is 17.3 Å². The number of aromatic nitrogens is 3. The molecular formula is C18H16F3N3O2S. The molecule has 0 saturated heterocycles. The van der Waals surface area contributed by atoms with E-state index in [1.54, 1.807) is 36.6 Å². The number of ether oxygens (including phenoxy) is 1. The average molecular weight is 395 g/mol. The Bertz CT molecular complexity index is 892. The molecule has 142 valence electrons. The average Bonchev–Trinajstić information content (AvgIpc) is 3.28. The van der Waals surface area contributed by atoms with Gasteiger partial charge in [0, 0.05) is 12.3 Å². The van der Waals surface area contributed by atoms with Crippen molar-refractivity contribution in [2.75, 3.05) is 6.61 Å². The third-order valence-electron chi connectivity index (χ3n) is 3.44. The van der Waals surface area contributed by atoms with E-state index in [0.717, 1.165) is 5.56 Å². The van der Waals surface area contributed by atoms with Crippen LogP contribution in [0.1, 0.15) is 5.56 Å². The summed E-state index contributed by atoms with van der Waals surface area (Å²) in [6, 6.07) is 10.1. The van der Waals surface area contributed by atoms with Gasteiger partial charge < -0.3 is 9.15 Å². The normalized spacial score (nSPS) is 11.5. The van der Waals surface area contributed by atoms with Crippen molar-refractivity contribution >= 4 is 11.8 Å². The minimum atomic E-state index is -4.37. The second-order valence-electron chi connectivity index (χ2n) is 5.52. The Labute approximate surface area is 157 Å². The molecule has 5 nitrogen and oxygen atoms in total. The lowest BCUT2D eigenvalue weighted by atomic mass is 10.2. The third-order valence-corrected chi connectivity index (χ3v) is 4.48. The van der Waals surface area contributed by atoms with Gasteiger partial charge >= 0.3 is 6.18 Å². The van der Waals surface area contributed by atoms with Crippen molar-refractivity contribution < 1.29 is 22.3 Å². The summed E-state index contributed by atoms with van der Waals surface area (Å²) in [4.78, 5) is 0. The van der Waals surface area contributed by atoms with Gasteiger partial charge in [0.15, 0.2) is 17.5 Å². The lowest BCUT2D eigenvalue weighted by Crippen LogP contribution is -2.19. The number of thioether (sulfide) groups is 1. The first kappa shape index (κ1) is 19.1. The second-order valence-corrected chi connectivity index (χ2v) is 6.47. The molecule has 3 rings (SSSR count). The highest BCUT2D eigenvalue weighted by Crippen LogP contribution is 2.28. The lowest BCUT2D eigenvalue weighted by molar-refractivity contribution is -0.153. The molecule has 0 aliphatic rings. The first-order chi connectivity index (χ1) is 13.0. The number of alkyl halides is 3. The Kier molecular flexibility index (Phi) is 5.90. The van der Waals surface area contributed by atoms with Crippen LogP contribution in [0.2, 0.25) is 0 Å². The largest absolute Gasteiger partial charge is 0.484 e. The SMILES string of the molecule is C=CCn1c(SCc2cccc(OCC(F)(F)F)c2)nnc1-c1ccco1. The summed E-state index contributed by atoms with van der Waals surface area (Å²) in [5.41, 5.74) is 0.812. The van der Waals surface area contributed by atoms with Crippen molar-refractivity contribution in [3.63, 3.8) is 0 Å². The maximum absolute atomic E-state index is 12.3. The van der Waals surface area contributed by atoms with E-state index in [0.29, 0.717) is 29.0 Å². The zero-order chi connectivity index (χ0) is 19.3. The van der Waals surface area contributed by atoms with E-state index in [-0.39, 0.29) is 5.75 Å². The Morgan fingerprint density at radius 3 is 2.78 bits per heavy atom. The lowest BCUT2D eigenvalue weighted by Gasteiger charge is -2.10. The van der Waals surface area contributed by atoms with Crippen molar-refractivity contribution in [2.24, 2.45) is 0 Å². The summed E-state index contributed by atoms with van der Waals surface area (Å²) in [6.45, 7) is 2.93. The van der Waals surface area contributed by atoms with E-state index in [4.69, 9.17) is 9.15 Å². The number of rotatable bonds is 8. The van der Waals surface area contributed by atoms with Crippen LogP contribution in [0, 0.1) is 0 Å². The zero-order valence-corrected chi connectivity index (χ0v) is 15.0. The smallest absolute Gasteiger partial charge is 0.422 e. The molecule has 0 atom stereocenters. The number of allylic oxidation sites excluding steroid dienone is 1. The van der Waals surface area contributed by atoms with Crippen LogP contribution in [0.15, 0.2) is 64.9 Å². The molecule has 3 aromatic rings. The molecule has 2 heterocycles. The van der Waals surface area contributed by atoms with Crippen molar-refractivity contribution in [1.82, 2.24) is 14.8 Å². The maximum Gasteiger partial charge on any atom is 0.422 e.